The molecule has 0 saturated carbocycles. The summed E-state index contributed by atoms with van der Waals surface area (Å²) in [6, 6.07) is 15.3. The van der Waals surface area contributed by atoms with Gasteiger partial charge < -0.3 is 39.8 Å². The molecule has 0 aliphatic carbocycles. The van der Waals surface area contributed by atoms with E-state index in [9.17, 15) is 20.1 Å². The topological polar surface area (TPSA) is 133 Å². The zero-order valence-electron chi connectivity index (χ0n) is 20.7. The van der Waals surface area contributed by atoms with Gasteiger partial charge in [-0.1, -0.05) is 12.1 Å². The van der Waals surface area contributed by atoms with Crippen LogP contribution in [-0.4, -0.2) is 52.6 Å². The highest BCUT2D eigenvalue weighted by Gasteiger charge is 2.26. The Bertz CT molecular complexity index is 1480. The molecule has 1 aromatic heterocycles. The van der Waals surface area contributed by atoms with Crippen molar-refractivity contribution >= 4 is 22.9 Å². The molecule has 6 bridgehead atoms. The van der Waals surface area contributed by atoms with Crippen LogP contribution in [-0.2, 0) is 11.2 Å². The van der Waals surface area contributed by atoms with E-state index in [0.29, 0.717) is 30.0 Å². The van der Waals surface area contributed by atoms with Gasteiger partial charge in [-0.3, -0.25) is 4.79 Å². The van der Waals surface area contributed by atoms with E-state index in [-0.39, 0.29) is 23.2 Å². The summed E-state index contributed by atoms with van der Waals surface area (Å²) in [7, 11) is 1.39. The summed E-state index contributed by atoms with van der Waals surface area (Å²) >= 11 is 0. The molecule has 2 aliphatic rings. The number of benzene rings is 3. The van der Waals surface area contributed by atoms with E-state index in [1.807, 2.05) is 18.3 Å². The van der Waals surface area contributed by atoms with Gasteiger partial charge in [-0.05, 0) is 71.7 Å². The third-order valence-electron chi connectivity index (χ3n) is 6.41. The quantitative estimate of drug-likeness (QED) is 0.273. The number of aromatic hydroxyl groups is 1. The predicted molar refractivity (Wildman–Crippen MR) is 142 cm³/mol. The van der Waals surface area contributed by atoms with Crippen LogP contribution in [0.1, 0.15) is 22.8 Å². The summed E-state index contributed by atoms with van der Waals surface area (Å²) in [6.45, 7) is -0.0357. The number of aliphatic hydroxyl groups excluding tert-OH is 2. The van der Waals surface area contributed by atoms with Gasteiger partial charge in [-0.2, -0.15) is 0 Å². The summed E-state index contributed by atoms with van der Waals surface area (Å²) in [5, 5.41) is 35.7. The molecular weight excluding hydrogens is 488 g/mol. The van der Waals surface area contributed by atoms with Crippen LogP contribution in [0, 0.1) is 0 Å². The van der Waals surface area contributed by atoms with Crippen molar-refractivity contribution in [1.82, 2.24) is 10.3 Å². The highest BCUT2D eigenvalue weighted by atomic mass is 16.5. The van der Waals surface area contributed by atoms with Crippen LogP contribution < -0.4 is 19.5 Å². The molecule has 9 heteroatoms. The number of carbonyl (C=O) groups excluding carboxylic acids is 1. The van der Waals surface area contributed by atoms with Gasteiger partial charge in [0.25, 0.3) is 0 Å². The summed E-state index contributed by atoms with van der Waals surface area (Å²) in [5.41, 5.74) is 3.00. The SMILES string of the molecule is COc1cc2cc(c1O)Oc1ccc(cc1)/C=C/C(=O)NCCc1c[nH]c3ccc(cc13)O[C@@H](CO)[C@H]2O. The molecule has 6 rings (SSSR count). The number of rotatable bonds is 2. The lowest BCUT2D eigenvalue weighted by Gasteiger charge is -2.24. The number of amides is 1. The molecule has 1 amide bonds. The lowest BCUT2D eigenvalue weighted by Crippen LogP contribution is -2.29. The number of aliphatic hydroxyl groups is 2. The Labute approximate surface area is 218 Å². The maximum absolute atomic E-state index is 12.3. The summed E-state index contributed by atoms with van der Waals surface area (Å²) in [4.78, 5) is 15.5. The minimum Gasteiger partial charge on any atom is -0.502 e. The van der Waals surface area contributed by atoms with Crippen molar-refractivity contribution in [2.24, 2.45) is 0 Å². The van der Waals surface area contributed by atoms with Crippen molar-refractivity contribution in [3.63, 3.8) is 0 Å². The number of fused-ring (bicyclic) bond motifs is 8. The number of hydrogen-bond donors (Lipinski definition) is 5. The molecule has 0 radical (unpaired) electrons. The highest BCUT2D eigenvalue weighted by Crippen LogP contribution is 2.42. The highest BCUT2D eigenvalue weighted by molar-refractivity contribution is 5.91. The number of hydrogen-bond acceptors (Lipinski definition) is 7. The van der Waals surface area contributed by atoms with Gasteiger partial charge in [0.15, 0.2) is 17.6 Å². The molecule has 9 nitrogen and oxygen atoms in total. The van der Waals surface area contributed by atoms with E-state index in [0.717, 1.165) is 22.0 Å². The lowest BCUT2D eigenvalue weighted by molar-refractivity contribution is -0.116. The van der Waals surface area contributed by atoms with Crippen LogP contribution in [0.15, 0.2) is 66.9 Å². The molecule has 4 aromatic rings. The number of ether oxygens (including phenoxy) is 3. The monoisotopic (exact) mass is 516 g/mol. The molecule has 2 atom stereocenters. The Morgan fingerprint density at radius 1 is 1.05 bits per heavy atom. The van der Waals surface area contributed by atoms with E-state index in [4.69, 9.17) is 14.2 Å². The first-order chi connectivity index (χ1) is 18.4. The number of phenols is 1. The van der Waals surface area contributed by atoms with Gasteiger partial charge >= 0.3 is 0 Å². The Morgan fingerprint density at radius 3 is 2.61 bits per heavy atom. The number of aromatic amines is 1. The Hall–Kier alpha value is -4.47. The van der Waals surface area contributed by atoms with E-state index in [1.165, 1.54) is 25.3 Å². The third kappa shape index (κ3) is 5.29. The standard InChI is InChI=1S/C29H28N2O7/c1-36-24-12-19-13-25(29(24)35)37-20-5-2-17(3-6-20)4-9-27(33)30-11-10-18-15-31-23-8-7-21(14-22(18)23)38-26(16-32)28(19)34/h2-9,12-15,26,28,31-32,34-35H,10-11,16H2,1H3,(H,30,33)/b9-4+/t26-,28-/m0/s1. The van der Waals surface area contributed by atoms with Crippen LogP contribution in [0.2, 0.25) is 0 Å². The fourth-order valence-corrected chi connectivity index (χ4v) is 4.36. The van der Waals surface area contributed by atoms with Crippen molar-refractivity contribution in [2.45, 2.75) is 18.6 Å². The smallest absolute Gasteiger partial charge is 0.244 e. The Morgan fingerprint density at radius 2 is 1.84 bits per heavy atom. The van der Waals surface area contributed by atoms with Gasteiger partial charge in [-0.15, -0.1) is 0 Å². The van der Waals surface area contributed by atoms with Crippen LogP contribution in [0.3, 0.4) is 0 Å². The van der Waals surface area contributed by atoms with Crippen LogP contribution in [0.5, 0.6) is 28.7 Å². The maximum Gasteiger partial charge on any atom is 0.244 e. The van der Waals surface area contributed by atoms with Crippen molar-refractivity contribution in [1.29, 1.82) is 0 Å². The first-order valence-corrected chi connectivity index (χ1v) is 12.2. The van der Waals surface area contributed by atoms with Crippen molar-refractivity contribution in [3.8, 4) is 28.7 Å². The summed E-state index contributed by atoms with van der Waals surface area (Å²) in [5.74, 6) is 0.573. The Kier molecular flexibility index (Phi) is 7.21. The number of carbonyl (C=O) groups is 1. The average Bonchev–Trinajstić information content (AvgIpc) is 3.33. The molecule has 5 N–H and O–H groups in total. The van der Waals surface area contributed by atoms with Crippen LogP contribution in [0.4, 0.5) is 0 Å². The minimum absolute atomic E-state index is 0.0574. The number of H-pyrrole nitrogens is 1. The molecule has 0 unspecified atom stereocenters. The molecular formula is C29H28N2O7. The van der Waals surface area contributed by atoms with E-state index < -0.39 is 18.8 Å². The van der Waals surface area contributed by atoms with Gasteiger partial charge in [-0.25, -0.2) is 0 Å². The molecule has 38 heavy (non-hydrogen) atoms. The van der Waals surface area contributed by atoms with Gasteiger partial charge in [0, 0.05) is 29.7 Å². The second-order valence-electron chi connectivity index (χ2n) is 8.92. The number of nitrogens with one attached hydrogen (secondary N) is 2. The number of aromatic nitrogens is 1. The predicted octanol–water partition coefficient (Wildman–Crippen LogP) is 3.83. The summed E-state index contributed by atoms with van der Waals surface area (Å²) < 4.78 is 17.2. The molecule has 2 aliphatic heterocycles. The fraction of sp³-hybridized carbons (Fsp3) is 0.207. The zero-order chi connectivity index (χ0) is 26.6. The Balaban J connectivity index is 1.56. The minimum atomic E-state index is -1.27. The van der Waals surface area contributed by atoms with E-state index in [2.05, 4.69) is 10.3 Å². The second kappa shape index (κ2) is 10.9. The number of phenolic OH excluding ortho intramolecular Hbond substituents is 1. The molecule has 0 fully saturated rings. The molecule has 0 spiro atoms. The van der Waals surface area contributed by atoms with Crippen molar-refractivity contribution < 1.29 is 34.3 Å². The first-order valence-electron chi connectivity index (χ1n) is 12.2. The van der Waals surface area contributed by atoms with Gasteiger partial charge in [0.1, 0.15) is 17.6 Å². The molecule has 196 valence electrons. The fourth-order valence-electron chi connectivity index (χ4n) is 4.36. The largest absolute Gasteiger partial charge is 0.502 e. The molecule has 3 aromatic carbocycles. The van der Waals surface area contributed by atoms with E-state index in [1.54, 1.807) is 36.4 Å². The zero-order valence-corrected chi connectivity index (χ0v) is 20.7. The normalized spacial score (nSPS) is 18.8. The van der Waals surface area contributed by atoms with Crippen molar-refractivity contribution in [2.75, 3.05) is 20.3 Å². The molecule has 0 saturated heterocycles. The van der Waals surface area contributed by atoms with Crippen LogP contribution in [0.25, 0.3) is 17.0 Å². The first kappa shape index (κ1) is 25.2. The molecule has 3 heterocycles. The maximum atomic E-state index is 12.3. The average molecular weight is 517 g/mol. The lowest BCUT2D eigenvalue weighted by atomic mass is 10.0. The summed E-state index contributed by atoms with van der Waals surface area (Å²) in [6.07, 6.45) is 3.36. The van der Waals surface area contributed by atoms with Crippen LogP contribution >= 0.6 is 0 Å². The second-order valence-corrected chi connectivity index (χ2v) is 8.92. The van der Waals surface area contributed by atoms with Crippen molar-refractivity contribution in [3.05, 3.63) is 83.6 Å². The van der Waals surface area contributed by atoms with Gasteiger partial charge in [0.2, 0.25) is 11.7 Å². The van der Waals surface area contributed by atoms with E-state index >= 15 is 0 Å². The van der Waals surface area contributed by atoms with Gasteiger partial charge in [0.05, 0.1) is 13.7 Å². The third-order valence-corrected chi connectivity index (χ3v) is 6.41. The number of methoxy groups -OCH3 is 1.